The molecule has 1 fully saturated rings. The monoisotopic (exact) mass is 505 g/mol. The quantitative estimate of drug-likeness (QED) is 0.372. The van der Waals surface area contributed by atoms with Gasteiger partial charge < -0.3 is 29.4 Å². The Morgan fingerprint density at radius 2 is 1.08 bits per heavy atom. The van der Waals surface area contributed by atoms with Crippen molar-refractivity contribution in [2.24, 2.45) is 5.73 Å². The van der Waals surface area contributed by atoms with Crippen molar-refractivity contribution >= 4 is 5.97 Å². The third-order valence-corrected chi connectivity index (χ3v) is 6.41. The zero-order valence-corrected chi connectivity index (χ0v) is 21.1. The number of benzene rings is 3. The molecule has 1 aliphatic heterocycles. The second-order valence-electron chi connectivity index (χ2n) is 9.01. The van der Waals surface area contributed by atoms with Gasteiger partial charge in [0, 0.05) is 6.54 Å². The van der Waals surface area contributed by atoms with Gasteiger partial charge in [0.15, 0.2) is 0 Å². The summed E-state index contributed by atoms with van der Waals surface area (Å²) in [7, 11) is 1.36. The third kappa shape index (κ3) is 7.71. The molecule has 196 valence electrons. The molecule has 0 amide bonds. The molecule has 3 aromatic carbocycles. The van der Waals surface area contributed by atoms with Gasteiger partial charge in [-0.25, -0.2) is 0 Å². The average molecular weight is 506 g/mol. The highest BCUT2D eigenvalue weighted by Crippen LogP contribution is 2.31. The Labute approximate surface area is 218 Å². The maximum absolute atomic E-state index is 12.3. The van der Waals surface area contributed by atoms with Gasteiger partial charge in [0.1, 0.15) is 18.3 Å². The Balaban J connectivity index is 1.61. The van der Waals surface area contributed by atoms with Gasteiger partial charge in [0.05, 0.1) is 45.6 Å². The summed E-state index contributed by atoms with van der Waals surface area (Å²) in [5.74, 6) is -0.389. The zero-order chi connectivity index (χ0) is 25.9. The number of hydrogen-bond acceptors (Lipinski definition) is 7. The highest BCUT2D eigenvalue weighted by Gasteiger charge is 2.48. The summed E-state index contributed by atoms with van der Waals surface area (Å²) in [5.41, 5.74) is 9.20. The normalized spacial score (nSPS) is 23.5. The van der Waals surface area contributed by atoms with Crippen molar-refractivity contribution in [1.82, 2.24) is 0 Å². The SMILES string of the molecule is COC(=O)C[C@H]1O[C@H](CN)[C@@H](OCc2ccccc2)[C@H](OCc2ccccc2)[C@H]1OCc1ccccc1. The molecule has 1 aliphatic rings. The molecule has 5 atom stereocenters. The molecule has 1 heterocycles. The van der Waals surface area contributed by atoms with E-state index in [0.717, 1.165) is 16.7 Å². The lowest BCUT2D eigenvalue weighted by molar-refractivity contribution is -0.263. The molecule has 0 aliphatic carbocycles. The van der Waals surface area contributed by atoms with Gasteiger partial charge in [-0.2, -0.15) is 0 Å². The van der Waals surface area contributed by atoms with Crippen LogP contribution in [0, 0.1) is 0 Å². The van der Waals surface area contributed by atoms with Crippen molar-refractivity contribution in [2.75, 3.05) is 13.7 Å². The molecular formula is C30H35NO6. The molecule has 2 N–H and O–H groups in total. The number of rotatable bonds is 12. The molecule has 1 saturated heterocycles. The first kappa shape index (κ1) is 27.0. The topological polar surface area (TPSA) is 89.2 Å². The van der Waals surface area contributed by atoms with Gasteiger partial charge in [0.2, 0.25) is 0 Å². The van der Waals surface area contributed by atoms with E-state index in [1.165, 1.54) is 7.11 Å². The molecular weight excluding hydrogens is 470 g/mol. The van der Waals surface area contributed by atoms with Crippen molar-refractivity contribution in [2.45, 2.75) is 56.8 Å². The highest BCUT2D eigenvalue weighted by atomic mass is 16.6. The summed E-state index contributed by atoms with van der Waals surface area (Å²) in [4.78, 5) is 12.3. The lowest BCUT2D eigenvalue weighted by Crippen LogP contribution is -2.62. The van der Waals surface area contributed by atoms with Crippen LogP contribution < -0.4 is 5.73 Å². The molecule has 0 radical (unpaired) electrons. The zero-order valence-electron chi connectivity index (χ0n) is 21.1. The van der Waals surface area contributed by atoms with Crippen LogP contribution in [0.1, 0.15) is 23.1 Å². The fourth-order valence-electron chi connectivity index (χ4n) is 4.49. The Morgan fingerprint density at radius 1 is 0.676 bits per heavy atom. The summed E-state index contributed by atoms with van der Waals surface area (Å²) in [6.07, 6.45) is -2.72. The van der Waals surface area contributed by atoms with Crippen LogP contribution in [0.15, 0.2) is 91.0 Å². The van der Waals surface area contributed by atoms with Crippen LogP contribution in [0.2, 0.25) is 0 Å². The van der Waals surface area contributed by atoms with Crippen LogP contribution in [0.25, 0.3) is 0 Å². The molecule has 3 aromatic rings. The summed E-state index contributed by atoms with van der Waals surface area (Å²) in [5, 5.41) is 0. The minimum atomic E-state index is -0.609. The van der Waals surface area contributed by atoms with Crippen molar-refractivity contribution in [3.05, 3.63) is 108 Å². The maximum atomic E-state index is 12.3. The second-order valence-corrected chi connectivity index (χ2v) is 9.01. The Hall–Kier alpha value is -3.07. The van der Waals surface area contributed by atoms with Crippen molar-refractivity contribution < 1.29 is 28.5 Å². The fraction of sp³-hybridized carbons (Fsp3) is 0.367. The van der Waals surface area contributed by atoms with E-state index in [0.29, 0.717) is 19.8 Å². The molecule has 7 heteroatoms. The number of hydrogen-bond donors (Lipinski definition) is 1. The first-order valence-corrected chi connectivity index (χ1v) is 12.6. The van der Waals surface area contributed by atoms with Crippen molar-refractivity contribution in [3.63, 3.8) is 0 Å². The van der Waals surface area contributed by atoms with Crippen LogP contribution in [0.4, 0.5) is 0 Å². The van der Waals surface area contributed by atoms with Crippen molar-refractivity contribution in [3.8, 4) is 0 Å². The van der Waals surface area contributed by atoms with Gasteiger partial charge >= 0.3 is 5.97 Å². The molecule has 4 rings (SSSR count). The van der Waals surface area contributed by atoms with E-state index >= 15 is 0 Å². The lowest BCUT2D eigenvalue weighted by Gasteiger charge is -2.46. The fourth-order valence-corrected chi connectivity index (χ4v) is 4.49. The molecule has 0 unspecified atom stereocenters. The van der Waals surface area contributed by atoms with Crippen LogP contribution >= 0.6 is 0 Å². The molecule has 7 nitrogen and oxygen atoms in total. The third-order valence-electron chi connectivity index (χ3n) is 6.41. The van der Waals surface area contributed by atoms with E-state index in [9.17, 15) is 4.79 Å². The van der Waals surface area contributed by atoms with Crippen LogP contribution in [-0.4, -0.2) is 50.1 Å². The largest absolute Gasteiger partial charge is 0.469 e. The molecule has 37 heavy (non-hydrogen) atoms. The number of carbonyl (C=O) groups excluding carboxylic acids is 1. The highest BCUT2D eigenvalue weighted by molar-refractivity contribution is 5.69. The summed E-state index contributed by atoms with van der Waals surface area (Å²) in [6.45, 7) is 1.25. The van der Waals surface area contributed by atoms with E-state index in [-0.39, 0.29) is 18.9 Å². The number of ether oxygens (including phenoxy) is 5. The van der Waals surface area contributed by atoms with Gasteiger partial charge in [-0.05, 0) is 16.7 Å². The standard InChI is InChI=1S/C30H35NO6/c1-33-27(32)17-25-28(34-19-22-11-5-2-6-12-22)30(36-21-24-15-9-4-10-16-24)29(26(18-31)37-25)35-20-23-13-7-3-8-14-23/h2-16,25-26,28-30H,17-21,31H2,1H3/t25-,26-,28+,29-,30-/m1/s1. The van der Waals surface area contributed by atoms with Crippen LogP contribution in [0.5, 0.6) is 0 Å². The smallest absolute Gasteiger partial charge is 0.308 e. The van der Waals surface area contributed by atoms with Crippen LogP contribution in [-0.2, 0) is 48.3 Å². The first-order valence-electron chi connectivity index (χ1n) is 12.6. The van der Waals surface area contributed by atoms with E-state index in [2.05, 4.69) is 0 Å². The Kier molecular flexibility index (Phi) is 10.2. The molecule has 0 spiro atoms. The molecule has 0 bridgehead atoms. The number of esters is 1. The summed E-state index contributed by atoms with van der Waals surface area (Å²) < 4.78 is 30.6. The molecule has 0 aromatic heterocycles. The van der Waals surface area contributed by atoms with Gasteiger partial charge in [0.25, 0.3) is 0 Å². The van der Waals surface area contributed by atoms with Gasteiger partial charge in [-0.3, -0.25) is 4.79 Å². The van der Waals surface area contributed by atoms with Gasteiger partial charge in [-0.1, -0.05) is 91.0 Å². The van der Waals surface area contributed by atoms with E-state index in [4.69, 9.17) is 29.4 Å². The Bertz CT molecular complexity index is 1070. The first-order chi connectivity index (χ1) is 18.2. The maximum Gasteiger partial charge on any atom is 0.308 e. The summed E-state index contributed by atoms with van der Waals surface area (Å²) in [6, 6.07) is 29.7. The lowest BCUT2D eigenvalue weighted by atomic mass is 9.92. The number of nitrogens with two attached hydrogens (primary N) is 1. The summed E-state index contributed by atoms with van der Waals surface area (Å²) >= 11 is 0. The minimum absolute atomic E-state index is 0.0169. The average Bonchev–Trinajstić information content (AvgIpc) is 2.95. The van der Waals surface area contributed by atoms with Crippen LogP contribution in [0.3, 0.4) is 0 Å². The molecule has 0 saturated carbocycles. The Morgan fingerprint density at radius 3 is 1.49 bits per heavy atom. The number of methoxy groups -OCH3 is 1. The predicted octanol–water partition coefficient (Wildman–Crippen LogP) is 4.03. The predicted molar refractivity (Wildman–Crippen MR) is 139 cm³/mol. The second kappa shape index (κ2) is 14.0. The van der Waals surface area contributed by atoms with Crippen molar-refractivity contribution in [1.29, 1.82) is 0 Å². The minimum Gasteiger partial charge on any atom is -0.469 e. The number of carbonyl (C=O) groups is 1. The van der Waals surface area contributed by atoms with E-state index in [1.54, 1.807) is 0 Å². The van der Waals surface area contributed by atoms with E-state index < -0.39 is 30.5 Å². The van der Waals surface area contributed by atoms with Gasteiger partial charge in [-0.15, -0.1) is 0 Å². The van der Waals surface area contributed by atoms with E-state index in [1.807, 2.05) is 91.0 Å².